The van der Waals surface area contributed by atoms with E-state index in [2.05, 4.69) is 53.7 Å². The van der Waals surface area contributed by atoms with Crippen molar-refractivity contribution in [2.75, 3.05) is 12.3 Å². The fraction of sp³-hybridized carbons (Fsp3) is 0.185. The van der Waals surface area contributed by atoms with Gasteiger partial charge in [-0.2, -0.15) is 5.10 Å². The minimum absolute atomic E-state index is 0.0647. The van der Waals surface area contributed by atoms with Crippen LogP contribution in [0.25, 0.3) is 16.9 Å². The van der Waals surface area contributed by atoms with Gasteiger partial charge < -0.3 is 11.1 Å². The Morgan fingerprint density at radius 3 is 2.47 bits per heavy atom. The lowest BCUT2D eigenvalue weighted by Gasteiger charge is -2.08. The lowest BCUT2D eigenvalue weighted by Crippen LogP contribution is -2.24. The van der Waals surface area contributed by atoms with Crippen LogP contribution in [-0.2, 0) is 6.42 Å². The molecule has 0 saturated heterocycles. The molecule has 3 aromatic carbocycles. The molecule has 3 N–H and O–H groups in total. The van der Waals surface area contributed by atoms with E-state index in [1.54, 1.807) is 4.68 Å². The van der Waals surface area contributed by atoms with Crippen LogP contribution in [0.1, 0.15) is 34.3 Å². The predicted octanol–water partition coefficient (Wildman–Crippen LogP) is 5.18. The first-order valence-electron chi connectivity index (χ1n) is 11.0. The first-order valence-corrected chi connectivity index (χ1v) is 11.0. The minimum Gasteiger partial charge on any atom is -0.384 e. The summed E-state index contributed by atoms with van der Waals surface area (Å²) >= 11 is 0. The van der Waals surface area contributed by atoms with Crippen molar-refractivity contribution in [1.29, 1.82) is 0 Å². The lowest BCUT2D eigenvalue weighted by atomic mass is 10.1. The standard InChI is InChI=1S/C27H28N4O/c1-20-8-7-12-23(18-20)25-19-26(28)31(30-25)24-15-13-22(14-16-24)27(32)29-17-6-5-11-21-9-3-2-4-10-21/h2-4,7-10,12-16,18-19H,5-6,11,17,28H2,1H3,(H,29,32). The van der Waals surface area contributed by atoms with Gasteiger partial charge in [0.2, 0.25) is 0 Å². The average molecular weight is 425 g/mol. The van der Waals surface area contributed by atoms with Gasteiger partial charge in [0.05, 0.1) is 11.4 Å². The van der Waals surface area contributed by atoms with Crippen LogP contribution >= 0.6 is 0 Å². The molecular formula is C27H28N4O. The fourth-order valence-electron chi connectivity index (χ4n) is 3.70. The van der Waals surface area contributed by atoms with E-state index in [-0.39, 0.29) is 5.91 Å². The van der Waals surface area contributed by atoms with Gasteiger partial charge in [0.25, 0.3) is 5.91 Å². The highest BCUT2D eigenvalue weighted by Gasteiger charge is 2.11. The summed E-state index contributed by atoms with van der Waals surface area (Å²) in [7, 11) is 0. The highest BCUT2D eigenvalue weighted by Crippen LogP contribution is 2.24. The van der Waals surface area contributed by atoms with Gasteiger partial charge >= 0.3 is 0 Å². The highest BCUT2D eigenvalue weighted by molar-refractivity contribution is 5.94. The Morgan fingerprint density at radius 2 is 1.72 bits per heavy atom. The van der Waals surface area contributed by atoms with E-state index in [0.29, 0.717) is 17.9 Å². The second kappa shape index (κ2) is 9.96. The van der Waals surface area contributed by atoms with Gasteiger partial charge in [-0.15, -0.1) is 0 Å². The summed E-state index contributed by atoms with van der Waals surface area (Å²) in [5.74, 6) is 0.488. The number of nitrogens with two attached hydrogens (primary N) is 1. The molecule has 0 aliphatic carbocycles. The van der Waals surface area contributed by atoms with Crippen LogP contribution in [-0.4, -0.2) is 22.2 Å². The number of aryl methyl sites for hydroxylation is 2. The molecule has 0 radical (unpaired) electrons. The van der Waals surface area contributed by atoms with Crippen LogP contribution in [0.5, 0.6) is 0 Å². The molecule has 1 aromatic heterocycles. The van der Waals surface area contributed by atoms with Gasteiger partial charge in [0.1, 0.15) is 5.82 Å². The molecule has 0 bridgehead atoms. The Morgan fingerprint density at radius 1 is 0.938 bits per heavy atom. The molecule has 0 unspecified atom stereocenters. The third-order valence-corrected chi connectivity index (χ3v) is 5.45. The number of unbranched alkanes of at least 4 members (excludes halogenated alkanes) is 1. The SMILES string of the molecule is Cc1cccc(-c2cc(N)n(-c3ccc(C(=O)NCCCCc4ccccc4)cc3)n2)c1. The van der Waals surface area contributed by atoms with E-state index in [1.165, 1.54) is 11.1 Å². The Labute approximate surface area is 188 Å². The average Bonchev–Trinajstić information content (AvgIpc) is 3.21. The Hall–Kier alpha value is -3.86. The van der Waals surface area contributed by atoms with Crippen molar-refractivity contribution in [2.45, 2.75) is 26.2 Å². The summed E-state index contributed by atoms with van der Waals surface area (Å²) in [4.78, 5) is 12.5. The number of hydrogen-bond acceptors (Lipinski definition) is 3. The molecule has 0 spiro atoms. The van der Waals surface area contributed by atoms with Crippen LogP contribution in [0.3, 0.4) is 0 Å². The number of benzene rings is 3. The lowest BCUT2D eigenvalue weighted by molar-refractivity contribution is 0.0953. The summed E-state index contributed by atoms with van der Waals surface area (Å²) in [5.41, 5.74) is 12.0. The minimum atomic E-state index is -0.0647. The molecular weight excluding hydrogens is 396 g/mol. The van der Waals surface area contributed by atoms with Crippen LogP contribution < -0.4 is 11.1 Å². The summed E-state index contributed by atoms with van der Waals surface area (Å²) in [6, 6.07) is 27.8. The van der Waals surface area contributed by atoms with Crippen molar-refractivity contribution in [3.05, 3.63) is 102 Å². The van der Waals surface area contributed by atoms with E-state index in [0.717, 1.165) is 36.2 Å². The predicted molar refractivity (Wildman–Crippen MR) is 130 cm³/mol. The number of nitrogen functional groups attached to an aromatic ring is 1. The number of anilines is 1. The number of nitrogens with zero attached hydrogens (tertiary/aromatic N) is 2. The third-order valence-electron chi connectivity index (χ3n) is 5.45. The number of carbonyl (C=O) groups excluding carboxylic acids is 1. The zero-order valence-electron chi connectivity index (χ0n) is 18.3. The van der Waals surface area contributed by atoms with Crippen molar-refractivity contribution in [1.82, 2.24) is 15.1 Å². The van der Waals surface area contributed by atoms with Crippen LogP contribution in [0.15, 0.2) is 84.9 Å². The molecule has 0 aliphatic heterocycles. The highest BCUT2D eigenvalue weighted by atomic mass is 16.1. The Bertz CT molecular complexity index is 1180. The first-order chi connectivity index (χ1) is 15.6. The third kappa shape index (κ3) is 5.24. The van der Waals surface area contributed by atoms with E-state index in [1.807, 2.05) is 48.5 Å². The van der Waals surface area contributed by atoms with Crippen LogP contribution in [0.2, 0.25) is 0 Å². The molecule has 5 nitrogen and oxygen atoms in total. The second-order valence-corrected chi connectivity index (χ2v) is 7.98. The van der Waals surface area contributed by atoms with Crippen molar-refractivity contribution in [3.8, 4) is 16.9 Å². The van der Waals surface area contributed by atoms with Gasteiger partial charge in [-0.1, -0.05) is 54.1 Å². The van der Waals surface area contributed by atoms with Gasteiger partial charge in [-0.05, 0) is 62.1 Å². The molecule has 1 amide bonds. The normalized spacial score (nSPS) is 10.8. The smallest absolute Gasteiger partial charge is 0.251 e. The van der Waals surface area contributed by atoms with Crippen LogP contribution in [0, 0.1) is 6.92 Å². The van der Waals surface area contributed by atoms with Gasteiger partial charge in [-0.3, -0.25) is 4.79 Å². The maximum Gasteiger partial charge on any atom is 0.251 e. The number of amides is 1. The topological polar surface area (TPSA) is 72.9 Å². The molecule has 32 heavy (non-hydrogen) atoms. The van der Waals surface area contributed by atoms with Crippen molar-refractivity contribution >= 4 is 11.7 Å². The zero-order valence-corrected chi connectivity index (χ0v) is 18.3. The summed E-state index contributed by atoms with van der Waals surface area (Å²) in [5, 5.41) is 7.65. The van der Waals surface area contributed by atoms with Crippen molar-refractivity contribution in [3.63, 3.8) is 0 Å². The summed E-state index contributed by atoms with van der Waals surface area (Å²) < 4.78 is 1.70. The van der Waals surface area contributed by atoms with E-state index >= 15 is 0 Å². The number of nitrogens with one attached hydrogen (secondary N) is 1. The zero-order chi connectivity index (χ0) is 22.3. The van der Waals surface area contributed by atoms with E-state index in [4.69, 9.17) is 5.73 Å². The molecule has 1 heterocycles. The molecule has 4 rings (SSSR count). The van der Waals surface area contributed by atoms with Crippen molar-refractivity contribution in [2.24, 2.45) is 0 Å². The van der Waals surface area contributed by atoms with Gasteiger partial charge in [-0.25, -0.2) is 4.68 Å². The number of rotatable bonds is 8. The Balaban J connectivity index is 1.33. The van der Waals surface area contributed by atoms with Crippen LogP contribution in [0.4, 0.5) is 5.82 Å². The summed E-state index contributed by atoms with van der Waals surface area (Å²) in [6.45, 7) is 2.72. The van der Waals surface area contributed by atoms with Gasteiger partial charge in [0, 0.05) is 23.7 Å². The first kappa shape index (κ1) is 21.4. The molecule has 0 saturated carbocycles. The molecule has 0 aliphatic rings. The maximum atomic E-state index is 12.5. The molecule has 4 aromatic rings. The molecule has 0 atom stereocenters. The quantitative estimate of drug-likeness (QED) is 0.383. The second-order valence-electron chi connectivity index (χ2n) is 7.98. The monoisotopic (exact) mass is 424 g/mol. The molecule has 5 heteroatoms. The number of hydrogen-bond donors (Lipinski definition) is 2. The molecule has 0 fully saturated rings. The van der Waals surface area contributed by atoms with E-state index < -0.39 is 0 Å². The number of carbonyl (C=O) groups is 1. The fourth-order valence-corrected chi connectivity index (χ4v) is 3.70. The van der Waals surface area contributed by atoms with E-state index in [9.17, 15) is 4.79 Å². The van der Waals surface area contributed by atoms with Crippen molar-refractivity contribution < 1.29 is 4.79 Å². The maximum absolute atomic E-state index is 12.5. The number of aromatic nitrogens is 2. The van der Waals surface area contributed by atoms with Gasteiger partial charge in [0.15, 0.2) is 0 Å². The molecule has 162 valence electrons. The summed E-state index contributed by atoms with van der Waals surface area (Å²) in [6.07, 6.45) is 3.02. The Kier molecular flexibility index (Phi) is 6.66. The largest absolute Gasteiger partial charge is 0.384 e.